The second-order valence-electron chi connectivity index (χ2n) is 5.03. The van der Waals surface area contributed by atoms with Crippen LogP contribution in [0.4, 0.5) is 5.13 Å². The number of rotatable bonds is 5. The van der Waals surface area contributed by atoms with Crippen molar-refractivity contribution < 1.29 is 4.74 Å². The average Bonchev–Trinajstić information content (AvgIpc) is 3.03. The van der Waals surface area contributed by atoms with Crippen LogP contribution in [0.5, 0.6) is 0 Å². The molecular formula is C16H19N3OS. The van der Waals surface area contributed by atoms with Crippen LogP contribution in [0, 0.1) is 0 Å². The molecule has 4 nitrogen and oxygen atoms in total. The Kier molecular flexibility index (Phi) is 4.62. The zero-order valence-corrected chi connectivity index (χ0v) is 13.0. The Morgan fingerprint density at radius 2 is 2.14 bits per heavy atom. The molecule has 1 aromatic carbocycles. The van der Waals surface area contributed by atoms with Crippen molar-refractivity contribution in [2.45, 2.75) is 12.8 Å². The van der Waals surface area contributed by atoms with E-state index in [-0.39, 0.29) is 0 Å². The number of nitrogens with zero attached hydrogens (tertiary/aromatic N) is 3. The standard InChI is InChI=1S/C16H19N3OS/c1-20-12-9-15-17-16(21-18-15)19-10-7-14(8-11-19)13-5-3-2-4-6-13/h2-7H,8-12H2,1H3. The van der Waals surface area contributed by atoms with Gasteiger partial charge in [0, 0.05) is 38.2 Å². The molecule has 110 valence electrons. The summed E-state index contributed by atoms with van der Waals surface area (Å²) in [7, 11) is 1.70. The maximum atomic E-state index is 5.07. The molecule has 0 N–H and O–H groups in total. The van der Waals surface area contributed by atoms with Crippen LogP contribution in [0.1, 0.15) is 17.8 Å². The summed E-state index contributed by atoms with van der Waals surface area (Å²) in [6.45, 7) is 2.58. The monoisotopic (exact) mass is 301 g/mol. The first-order valence-corrected chi connectivity index (χ1v) is 7.95. The van der Waals surface area contributed by atoms with Gasteiger partial charge in [-0.25, -0.2) is 4.98 Å². The molecule has 0 unspecified atom stereocenters. The number of anilines is 1. The highest BCUT2D eigenvalue weighted by atomic mass is 32.1. The number of methoxy groups -OCH3 is 1. The van der Waals surface area contributed by atoms with Gasteiger partial charge in [0.1, 0.15) is 5.82 Å². The zero-order valence-electron chi connectivity index (χ0n) is 12.2. The summed E-state index contributed by atoms with van der Waals surface area (Å²) in [5.74, 6) is 0.884. The van der Waals surface area contributed by atoms with E-state index in [1.807, 2.05) is 0 Å². The van der Waals surface area contributed by atoms with Gasteiger partial charge in [0.15, 0.2) is 0 Å². The minimum Gasteiger partial charge on any atom is -0.384 e. The zero-order chi connectivity index (χ0) is 14.5. The SMILES string of the molecule is COCCc1nsc(N2CC=C(c3ccccc3)CC2)n1. The summed E-state index contributed by atoms with van der Waals surface area (Å²) >= 11 is 1.48. The third-order valence-corrected chi connectivity index (χ3v) is 4.43. The molecule has 5 heteroatoms. The van der Waals surface area contributed by atoms with E-state index in [9.17, 15) is 0 Å². The van der Waals surface area contributed by atoms with Crippen LogP contribution in [0.3, 0.4) is 0 Å². The molecule has 0 amide bonds. The number of hydrogen-bond donors (Lipinski definition) is 0. The van der Waals surface area contributed by atoms with Crippen molar-refractivity contribution in [1.29, 1.82) is 0 Å². The molecule has 2 aromatic rings. The Labute approximate surface area is 129 Å². The lowest BCUT2D eigenvalue weighted by Crippen LogP contribution is -2.28. The van der Waals surface area contributed by atoms with E-state index in [0.717, 1.165) is 36.9 Å². The molecule has 0 saturated carbocycles. The molecule has 2 heterocycles. The molecule has 3 rings (SSSR count). The molecule has 21 heavy (non-hydrogen) atoms. The fourth-order valence-electron chi connectivity index (χ4n) is 2.43. The second-order valence-corrected chi connectivity index (χ2v) is 5.76. The maximum absolute atomic E-state index is 5.07. The molecule has 0 spiro atoms. The molecule has 0 atom stereocenters. The minimum absolute atomic E-state index is 0.675. The topological polar surface area (TPSA) is 38.2 Å². The number of aromatic nitrogens is 2. The van der Waals surface area contributed by atoms with E-state index >= 15 is 0 Å². The summed E-state index contributed by atoms with van der Waals surface area (Å²) in [6, 6.07) is 10.6. The van der Waals surface area contributed by atoms with Crippen LogP contribution >= 0.6 is 11.5 Å². The Hall–Kier alpha value is -1.72. The Balaban J connectivity index is 1.65. The average molecular weight is 301 g/mol. The van der Waals surface area contributed by atoms with Gasteiger partial charge in [-0.2, -0.15) is 4.37 Å². The maximum Gasteiger partial charge on any atom is 0.205 e. The van der Waals surface area contributed by atoms with Crippen LogP contribution in [-0.4, -0.2) is 36.2 Å². The Morgan fingerprint density at radius 3 is 2.86 bits per heavy atom. The van der Waals surface area contributed by atoms with Gasteiger partial charge in [-0.05, 0) is 17.6 Å². The fourth-order valence-corrected chi connectivity index (χ4v) is 3.17. The van der Waals surface area contributed by atoms with E-state index in [1.54, 1.807) is 7.11 Å². The van der Waals surface area contributed by atoms with Gasteiger partial charge in [-0.3, -0.25) is 0 Å². The molecule has 1 aliphatic rings. The van der Waals surface area contributed by atoms with Gasteiger partial charge in [-0.1, -0.05) is 36.4 Å². The van der Waals surface area contributed by atoms with Gasteiger partial charge in [-0.15, -0.1) is 0 Å². The predicted octanol–water partition coefficient (Wildman–Crippen LogP) is 3.02. The Morgan fingerprint density at radius 1 is 1.29 bits per heavy atom. The molecule has 0 fully saturated rings. The molecular weight excluding hydrogens is 282 g/mol. The largest absolute Gasteiger partial charge is 0.384 e. The van der Waals surface area contributed by atoms with Crippen molar-refractivity contribution in [3.63, 3.8) is 0 Å². The summed E-state index contributed by atoms with van der Waals surface area (Å²) in [5, 5.41) is 1.02. The number of benzene rings is 1. The van der Waals surface area contributed by atoms with Crippen molar-refractivity contribution in [3.8, 4) is 0 Å². The van der Waals surface area contributed by atoms with E-state index in [1.165, 1.54) is 22.7 Å². The highest BCUT2D eigenvalue weighted by Gasteiger charge is 2.16. The molecule has 0 bridgehead atoms. The van der Waals surface area contributed by atoms with Crippen molar-refractivity contribution in [2.75, 3.05) is 31.7 Å². The minimum atomic E-state index is 0.675. The van der Waals surface area contributed by atoms with Gasteiger partial charge in [0.05, 0.1) is 6.61 Å². The van der Waals surface area contributed by atoms with Crippen LogP contribution in [-0.2, 0) is 11.2 Å². The highest BCUT2D eigenvalue weighted by molar-refractivity contribution is 7.09. The third kappa shape index (κ3) is 3.49. The quantitative estimate of drug-likeness (QED) is 0.851. The smallest absolute Gasteiger partial charge is 0.205 e. The summed E-state index contributed by atoms with van der Waals surface area (Å²) in [4.78, 5) is 6.89. The van der Waals surface area contributed by atoms with Gasteiger partial charge >= 0.3 is 0 Å². The molecule has 0 aliphatic carbocycles. The summed E-state index contributed by atoms with van der Waals surface area (Å²) in [6.07, 6.45) is 4.14. The third-order valence-electron chi connectivity index (χ3n) is 3.61. The van der Waals surface area contributed by atoms with Crippen molar-refractivity contribution in [3.05, 3.63) is 47.8 Å². The van der Waals surface area contributed by atoms with E-state index in [0.29, 0.717) is 6.61 Å². The first kappa shape index (κ1) is 14.2. The van der Waals surface area contributed by atoms with Gasteiger partial charge < -0.3 is 9.64 Å². The normalized spacial score (nSPS) is 15.1. The fraction of sp³-hybridized carbons (Fsp3) is 0.375. The molecule has 0 radical (unpaired) electrons. The molecule has 1 aliphatic heterocycles. The van der Waals surface area contributed by atoms with Gasteiger partial charge in [0.2, 0.25) is 5.13 Å². The number of ether oxygens (including phenoxy) is 1. The van der Waals surface area contributed by atoms with Gasteiger partial charge in [0.25, 0.3) is 0 Å². The van der Waals surface area contributed by atoms with E-state index < -0.39 is 0 Å². The highest BCUT2D eigenvalue weighted by Crippen LogP contribution is 2.26. The lowest BCUT2D eigenvalue weighted by atomic mass is 10.00. The molecule has 1 aromatic heterocycles. The Bertz CT molecular complexity index is 609. The summed E-state index contributed by atoms with van der Waals surface area (Å²) in [5.41, 5.74) is 2.76. The molecule has 0 saturated heterocycles. The van der Waals surface area contributed by atoms with E-state index in [4.69, 9.17) is 4.74 Å². The van der Waals surface area contributed by atoms with Crippen LogP contribution in [0.15, 0.2) is 36.4 Å². The number of hydrogen-bond acceptors (Lipinski definition) is 5. The first-order valence-electron chi connectivity index (χ1n) is 7.18. The van der Waals surface area contributed by atoms with Crippen LogP contribution in [0.2, 0.25) is 0 Å². The van der Waals surface area contributed by atoms with Crippen molar-refractivity contribution in [1.82, 2.24) is 9.36 Å². The predicted molar refractivity (Wildman–Crippen MR) is 86.7 cm³/mol. The lowest BCUT2D eigenvalue weighted by Gasteiger charge is -2.25. The van der Waals surface area contributed by atoms with Crippen molar-refractivity contribution >= 4 is 22.2 Å². The van der Waals surface area contributed by atoms with Crippen LogP contribution in [0.25, 0.3) is 5.57 Å². The van der Waals surface area contributed by atoms with Crippen molar-refractivity contribution in [2.24, 2.45) is 0 Å². The summed E-state index contributed by atoms with van der Waals surface area (Å²) < 4.78 is 9.46. The van der Waals surface area contributed by atoms with Crippen LogP contribution < -0.4 is 4.90 Å². The van der Waals surface area contributed by atoms with E-state index in [2.05, 4.69) is 50.7 Å². The second kappa shape index (κ2) is 6.83. The first-order chi connectivity index (χ1) is 10.4. The lowest BCUT2D eigenvalue weighted by molar-refractivity contribution is 0.201.